The summed E-state index contributed by atoms with van der Waals surface area (Å²) >= 11 is 0. The SMILES string of the molecule is Cc1ncc(F)c(Nc2n[nH]c3c2CN(C(=O)N2C[C@@H]4CCCN4CC2C)C3(C)C)n1. The van der Waals surface area contributed by atoms with Crippen LogP contribution in [0.15, 0.2) is 6.20 Å². The molecule has 0 saturated carbocycles. The standard InChI is InChI=1S/C21H29FN8O/c1-12-9-28-7-5-6-14(28)10-29(12)20(31)30-11-15-17(21(30,3)4)26-27-18(15)25-19-16(22)8-23-13(2)24-19/h8,12,14H,5-7,9-11H2,1-4H3,(H2,23,24,25,26,27)/t12?,14-/m0/s1. The van der Waals surface area contributed by atoms with E-state index in [1.165, 1.54) is 6.42 Å². The summed E-state index contributed by atoms with van der Waals surface area (Å²) < 4.78 is 14.2. The van der Waals surface area contributed by atoms with Crippen LogP contribution in [0, 0.1) is 12.7 Å². The molecule has 0 bridgehead atoms. The summed E-state index contributed by atoms with van der Waals surface area (Å²) in [5.74, 6) is 0.489. The fourth-order valence-electron chi connectivity index (χ4n) is 5.19. The minimum Gasteiger partial charge on any atom is -0.321 e. The molecule has 1 unspecified atom stereocenters. The van der Waals surface area contributed by atoms with Crippen LogP contribution in [0.5, 0.6) is 0 Å². The molecule has 2 aromatic heterocycles. The first kappa shape index (κ1) is 20.2. The zero-order valence-electron chi connectivity index (χ0n) is 18.4. The highest BCUT2D eigenvalue weighted by molar-refractivity contribution is 5.78. The zero-order chi connectivity index (χ0) is 21.9. The van der Waals surface area contributed by atoms with Crippen LogP contribution in [0.3, 0.4) is 0 Å². The molecule has 2 saturated heterocycles. The molecule has 5 heterocycles. The van der Waals surface area contributed by atoms with Gasteiger partial charge in [0.15, 0.2) is 17.5 Å². The molecule has 0 radical (unpaired) electrons. The summed E-state index contributed by atoms with van der Waals surface area (Å²) in [6.45, 7) is 11.1. The lowest BCUT2D eigenvalue weighted by Gasteiger charge is -2.45. The number of nitrogens with zero attached hydrogens (tertiary/aromatic N) is 6. The first-order chi connectivity index (χ1) is 14.8. The summed E-state index contributed by atoms with van der Waals surface area (Å²) in [7, 11) is 0. The molecule has 2 N–H and O–H groups in total. The van der Waals surface area contributed by atoms with E-state index in [0.29, 0.717) is 24.2 Å². The summed E-state index contributed by atoms with van der Waals surface area (Å²) in [4.78, 5) is 28.1. The van der Waals surface area contributed by atoms with Crippen molar-refractivity contribution in [3.63, 3.8) is 0 Å². The number of rotatable bonds is 2. The van der Waals surface area contributed by atoms with E-state index in [1.54, 1.807) is 6.92 Å². The number of halogens is 1. The van der Waals surface area contributed by atoms with Gasteiger partial charge in [-0.1, -0.05) is 0 Å². The van der Waals surface area contributed by atoms with Gasteiger partial charge in [0.05, 0.1) is 24.0 Å². The highest BCUT2D eigenvalue weighted by Crippen LogP contribution is 2.42. The average molecular weight is 429 g/mol. The Morgan fingerprint density at radius 1 is 1.32 bits per heavy atom. The molecule has 9 nitrogen and oxygen atoms in total. The number of hydrogen-bond acceptors (Lipinski definition) is 6. The minimum absolute atomic E-state index is 0.0451. The van der Waals surface area contributed by atoms with E-state index >= 15 is 0 Å². The van der Waals surface area contributed by atoms with Gasteiger partial charge in [-0.05, 0) is 47.1 Å². The van der Waals surface area contributed by atoms with E-state index in [0.717, 1.165) is 43.5 Å². The average Bonchev–Trinajstić information content (AvgIpc) is 3.40. The fourth-order valence-corrected chi connectivity index (χ4v) is 5.19. The van der Waals surface area contributed by atoms with Crippen LogP contribution in [-0.2, 0) is 12.1 Å². The van der Waals surface area contributed by atoms with Crippen molar-refractivity contribution < 1.29 is 9.18 Å². The third-order valence-corrected chi connectivity index (χ3v) is 6.99. The van der Waals surface area contributed by atoms with Crippen LogP contribution >= 0.6 is 0 Å². The number of anilines is 2. The van der Waals surface area contributed by atoms with Crippen LogP contribution in [0.4, 0.5) is 20.8 Å². The Hall–Kier alpha value is -2.75. The van der Waals surface area contributed by atoms with Gasteiger partial charge >= 0.3 is 6.03 Å². The van der Waals surface area contributed by atoms with Crippen molar-refractivity contribution >= 4 is 17.7 Å². The maximum absolute atomic E-state index is 14.2. The Balaban J connectivity index is 1.39. The molecule has 2 fully saturated rings. The van der Waals surface area contributed by atoms with E-state index in [9.17, 15) is 9.18 Å². The largest absolute Gasteiger partial charge is 0.321 e. The lowest BCUT2D eigenvalue weighted by atomic mass is 10.0. The summed E-state index contributed by atoms with van der Waals surface area (Å²) in [6.07, 6.45) is 3.50. The number of aromatic amines is 1. The van der Waals surface area contributed by atoms with Crippen molar-refractivity contribution in [3.8, 4) is 0 Å². The second-order valence-electron chi connectivity index (χ2n) is 9.38. The maximum atomic E-state index is 14.2. The minimum atomic E-state index is -0.550. The number of fused-ring (bicyclic) bond motifs is 2. The number of carbonyl (C=O) groups excluding carboxylic acids is 1. The smallest absolute Gasteiger partial charge is 0.321 e. The van der Waals surface area contributed by atoms with Gasteiger partial charge in [0.1, 0.15) is 5.82 Å². The van der Waals surface area contributed by atoms with E-state index in [1.807, 2.05) is 23.6 Å². The normalized spacial score (nSPS) is 24.9. The van der Waals surface area contributed by atoms with Gasteiger partial charge < -0.3 is 15.1 Å². The molecule has 2 aromatic rings. The first-order valence-electron chi connectivity index (χ1n) is 10.9. The Morgan fingerprint density at radius 2 is 2.13 bits per heavy atom. The molecule has 166 valence electrons. The molecule has 31 heavy (non-hydrogen) atoms. The second-order valence-corrected chi connectivity index (χ2v) is 9.38. The summed E-state index contributed by atoms with van der Waals surface area (Å²) in [5.41, 5.74) is 1.18. The number of aromatic nitrogens is 4. The topological polar surface area (TPSA) is 93.3 Å². The van der Waals surface area contributed by atoms with E-state index < -0.39 is 11.4 Å². The van der Waals surface area contributed by atoms with Crippen LogP contribution < -0.4 is 5.32 Å². The molecule has 10 heteroatoms. The van der Waals surface area contributed by atoms with Gasteiger partial charge in [0.2, 0.25) is 0 Å². The first-order valence-corrected chi connectivity index (χ1v) is 10.9. The van der Waals surface area contributed by atoms with Crippen LogP contribution in [0.1, 0.15) is 50.7 Å². The van der Waals surface area contributed by atoms with E-state index in [4.69, 9.17) is 0 Å². The maximum Gasteiger partial charge on any atom is 0.321 e. The molecule has 2 amide bonds. The molecule has 0 spiro atoms. The van der Waals surface area contributed by atoms with Gasteiger partial charge in [-0.2, -0.15) is 5.10 Å². The monoisotopic (exact) mass is 428 g/mol. The van der Waals surface area contributed by atoms with E-state index in [-0.39, 0.29) is 17.9 Å². The Kier molecular flexibility index (Phi) is 4.65. The fraction of sp³-hybridized carbons (Fsp3) is 0.619. The van der Waals surface area contributed by atoms with Crippen molar-refractivity contribution in [2.45, 2.75) is 64.7 Å². The number of hydrogen-bond donors (Lipinski definition) is 2. The zero-order valence-corrected chi connectivity index (χ0v) is 18.4. The quantitative estimate of drug-likeness (QED) is 0.764. The number of piperazine rings is 1. The predicted molar refractivity (Wildman–Crippen MR) is 113 cm³/mol. The van der Waals surface area contributed by atoms with Gasteiger partial charge in [-0.15, -0.1) is 0 Å². The van der Waals surface area contributed by atoms with Gasteiger partial charge in [0.25, 0.3) is 0 Å². The third kappa shape index (κ3) is 3.24. The second kappa shape index (κ2) is 7.15. The lowest BCUT2D eigenvalue weighted by molar-refractivity contribution is 0.0454. The predicted octanol–water partition coefficient (Wildman–Crippen LogP) is 2.73. The van der Waals surface area contributed by atoms with Crippen LogP contribution in [0.2, 0.25) is 0 Å². The number of urea groups is 1. The molecule has 3 aliphatic rings. The molecule has 0 aromatic carbocycles. The van der Waals surface area contributed by atoms with Crippen molar-refractivity contribution in [2.75, 3.05) is 25.0 Å². The lowest BCUT2D eigenvalue weighted by Crippen LogP contribution is -2.60. The van der Waals surface area contributed by atoms with Crippen LogP contribution in [-0.4, -0.2) is 72.6 Å². The molecule has 3 aliphatic heterocycles. The van der Waals surface area contributed by atoms with Crippen molar-refractivity contribution in [2.24, 2.45) is 0 Å². The number of aryl methyl sites for hydroxylation is 1. The Bertz CT molecular complexity index is 1020. The number of nitrogens with one attached hydrogen (secondary N) is 2. The molecule has 5 rings (SSSR count). The van der Waals surface area contributed by atoms with E-state index in [2.05, 4.69) is 37.3 Å². The summed E-state index contributed by atoms with van der Waals surface area (Å²) in [5, 5.41) is 10.4. The highest BCUT2D eigenvalue weighted by atomic mass is 19.1. The van der Waals surface area contributed by atoms with Gasteiger partial charge in [-0.3, -0.25) is 10.00 Å². The Morgan fingerprint density at radius 3 is 2.94 bits per heavy atom. The molecule has 0 aliphatic carbocycles. The van der Waals surface area contributed by atoms with Gasteiger partial charge in [-0.25, -0.2) is 19.2 Å². The van der Waals surface area contributed by atoms with Crippen molar-refractivity contribution in [1.82, 2.24) is 34.9 Å². The third-order valence-electron chi connectivity index (χ3n) is 6.99. The number of H-pyrrole nitrogens is 1. The summed E-state index contributed by atoms with van der Waals surface area (Å²) in [6, 6.07) is 0.681. The molecular formula is C21H29FN8O. The number of amides is 2. The number of carbonyl (C=O) groups is 1. The Labute approximate surface area is 181 Å². The van der Waals surface area contributed by atoms with Crippen molar-refractivity contribution in [3.05, 3.63) is 29.1 Å². The highest BCUT2D eigenvalue weighted by Gasteiger charge is 2.47. The van der Waals surface area contributed by atoms with Crippen molar-refractivity contribution in [1.29, 1.82) is 0 Å². The van der Waals surface area contributed by atoms with Gasteiger partial charge in [0, 0.05) is 30.7 Å². The molecular weight excluding hydrogens is 399 g/mol. The van der Waals surface area contributed by atoms with Crippen LogP contribution in [0.25, 0.3) is 0 Å². The molecule has 2 atom stereocenters.